The molecule has 1 heterocycles. The number of nitrogens with zero attached hydrogens (tertiary/aromatic N) is 3. The first-order valence-corrected chi connectivity index (χ1v) is 8.79. The predicted molar refractivity (Wildman–Crippen MR) is 97.0 cm³/mol. The maximum Gasteiger partial charge on any atom is 0.401 e. The van der Waals surface area contributed by atoms with Crippen LogP contribution in [-0.2, 0) is 22.7 Å². The average Bonchev–Trinajstić information content (AvgIpc) is 2.86. The highest BCUT2D eigenvalue weighted by Crippen LogP contribution is 2.21. The maximum atomic E-state index is 13.0. The Morgan fingerprint density at radius 1 is 0.759 bits per heavy atom. The molecule has 6 nitrogen and oxygen atoms in total. The van der Waals surface area contributed by atoms with E-state index in [-0.39, 0.29) is 13.1 Å². The Morgan fingerprint density at radius 3 is 1.83 bits per heavy atom. The quantitative estimate of drug-likeness (QED) is 0.525. The summed E-state index contributed by atoms with van der Waals surface area (Å²) in [5, 5.41) is 0. The van der Waals surface area contributed by atoms with Gasteiger partial charge in [-0.1, -0.05) is 60.7 Å². The van der Waals surface area contributed by atoms with Gasteiger partial charge in [0.15, 0.2) is 0 Å². The molecule has 0 bridgehead atoms. The number of benzene rings is 2. The Kier molecular flexibility index (Phi) is 5.97. The molecular weight excluding hydrogens is 387 g/mol. The van der Waals surface area contributed by atoms with Gasteiger partial charge < -0.3 is 0 Å². The van der Waals surface area contributed by atoms with Crippen LogP contribution in [0.15, 0.2) is 60.7 Å². The summed E-state index contributed by atoms with van der Waals surface area (Å²) in [5.74, 6) is -2.18. The van der Waals surface area contributed by atoms with Crippen LogP contribution in [-0.4, -0.2) is 51.9 Å². The number of hydrogen-bond acceptors (Lipinski definition) is 4. The van der Waals surface area contributed by atoms with Gasteiger partial charge in [0.2, 0.25) is 0 Å². The van der Waals surface area contributed by atoms with E-state index < -0.39 is 37.2 Å². The van der Waals surface area contributed by atoms with Crippen molar-refractivity contribution in [1.29, 1.82) is 0 Å². The van der Waals surface area contributed by atoms with Gasteiger partial charge in [0, 0.05) is 6.54 Å². The van der Waals surface area contributed by atoms with Crippen LogP contribution in [0.3, 0.4) is 0 Å². The number of halogens is 3. The van der Waals surface area contributed by atoms with E-state index in [0.717, 1.165) is 9.80 Å². The second kappa shape index (κ2) is 8.44. The van der Waals surface area contributed by atoms with Gasteiger partial charge in [-0.25, -0.2) is 9.69 Å². The zero-order chi connectivity index (χ0) is 21.0. The van der Waals surface area contributed by atoms with Crippen molar-refractivity contribution in [3.63, 3.8) is 0 Å². The van der Waals surface area contributed by atoms with Gasteiger partial charge in [0.1, 0.15) is 0 Å². The molecule has 0 saturated carbocycles. The van der Waals surface area contributed by atoms with Crippen LogP contribution in [0.25, 0.3) is 0 Å². The third-order valence-corrected chi connectivity index (χ3v) is 4.31. The lowest BCUT2D eigenvalue weighted by Gasteiger charge is -2.27. The Morgan fingerprint density at radius 2 is 1.28 bits per heavy atom. The molecule has 1 aliphatic rings. The molecule has 0 N–H and O–H groups in total. The molecule has 1 saturated heterocycles. The van der Waals surface area contributed by atoms with Gasteiger partial charge >= 0.3 is 24.0 Å². The number of alkyl halides is 3. The summed E-state index contributed by atoms with van der Waals surface area (Å²) in [6, 6.07) is 16.0. The fraction of sp³-hybridized carbons (Fsp3) is 0.250. The number of carbonyl (C=O) groups excluding carboxylic acids is 3. The van der Waals surface area contributed by atoms with Gasteiger partial charge in [-0.15, -0.1) is 0 Å². The first-order chi connectivity index (χ1) is 13.7. The highest BCUT2D eigenvalue weighted by atomic mass is 19.4. The van der Waals surface area contributed by atoms with E-state index in [1.165, 1.54) is 0 Å². The number of rotatable bonds is 7. The summed E-state index contributed by atoms with van der Waals surface area (Å²) in [7, 11) is 0. The molecule has 29 heavy (non-hydrogen) atoms. The van der Waals surface area contributed by atoms with Crippen molar-refractivity contribution in [1.82, 2.24) is 14.7 Å². The van der Waals surface area contributed by atoms with E-state index in [9.17, 15) is 27.6 Å². The minimum Gasteiger partial charge on any atom is -0.272 e. The van der Waals surface area contributed by atoms with Crippen molar-refractivity contribution < 1.29 is 27.6 Å². The molecule has 1 fully saturated rings. The number of imide groups is 2. The molecule has 0 atom stereocenters. The normalized spacial score (nSPS) is 15.0. The third-order valence-electron chi connectivity index (χ3n) is 4.31. The van der Waals surface area contributed by atoms with Crippen molar-refractivity contribution in [2.75, 3.05) is 13.2 Å². The van der Waals surface area contributed by atoms with Crippen LogP contribution in [0, 0.1) is 0 Å². The van der Waals surface area contributed by atoms with Crippen molar-refractivity contribution >= 4 is 17.8 Å². The molecule has 9 heteroatoms. The largest absolute Gasteiger partial charge is 0.401 e. The first kappa shape index (κ1) is 20.5. The van der Waals surface area contributed by atoms with Gasteiger partial charge in [-0.05, 0) is 11.1 Å². The van der Waals surface area contributed by atoms with Crippen molar-refractivity contribution in [2.24, 2.45) is 0 Å². The molecule has 0 aliphatic carbocycles. The molecule has 2 aromatic rings. The third kappa shape index (κ3) is 5.20. The summed E-state index contributed by atoms with van der Waals surface area (Å²) in [6.07, 6.45) is -4.53. The maximum absolute atomic E-state index is 13.0. The number of carbonyl (C=O) groups is 3. The van der Waals surface area contributed by atoms with E-state index in [2.05, 4.69) is 0 Å². The van der Waals surface area contributed by atoms with Gasteiger partial charge in [-0.3, -0.25) is 19.4 Å². The van der Waals surface area contributed by atoms with Crippen LogP contribution in [0.4, 0.5) is 18.0 Å². The summed E-state index contributed by atoms with van der Waals surface area (Å²) in [6.45, 7) is -2.22. The summed E-state index contributed by atoms with van der Waals surface area (Å²) in [4.78, 5) is 39.3. The number of urea groups is 1. The van der Waals surface area contributed by atoms with Crippen LogP contribution >= 0.6 is 0 Å². The molecule has 0 aromatic heterocycles. The summed E-state index contributed by atoms with van der Waals surface area (Å²) in [5.41, 5.74) is 1.21. The molecule has 1 aliphatic heterocycles. The smallest absolute Gasteiger partial charge is 0.272 e. The van der Waals surface area contributed by atoms with E-state index in [1.807, 2.05) is 0 Å². The van der Waals surface area contributed by atoms with Gasteiger partial charge in [-0.2, -0.15) is 13.2 Å². The summed E-state index contributed by atoms with van der Waals surface area (Å²) < 4.78 is 39.0. The van der Waals surface area contributed by atoms with Crippen LogP contribution in [0.1, 0.15) is 11.1 Å². The zero-order valence-corrected chi connectivity index (χ0v) is 15.3. The van der Waals surface area contributed by atoms with Crippen molar-refractivity contribution in [2.45, 2.75) is 19.3 Å². The lowest BCUT2D eigenvalue weighted by atomic mass is 10.2. The lowest BCUT2D eigenvalue weighted by molar-refractivity contribution is -0.154. The molecular formula is C20H18F3N3O3. The van der Waals surface area contributed by atoms with Gasteiger partial charge in [0.25, 0.3) is 0 Å². The Hall–Kier alpha value is -3.20. The molecule has 3 rings (SSSR count). The molecule has 4 amide bonds. The van der Waals surface area contributed by atoms with Crippen molar-refractivity contribution in [3.05, 3.63) is 71.8 Å². The predicted octanol–water partition coefficient (Wildman–Crippen LogP) is 3.00. The average molecular weight is 405 g/mol. The van der Waals surface area contributed by atoms with Crippen LogP contribution in [0.5, 0.6) is 0 Å². The van der Waals surface area contributed by atoms with E-state index >= 15 is 0 Å². The van der Waals surface area contributed by atoms with Gasteiger partial charge in [0.05, 0.1) is 19.8 Å². The SMILES string of the molecule is O=C1C(=O)N(CN(Cc2ccccc2)CC(F)(F)F)C(=O)N1Cc1ccccc1. The lowest BCUT2D eigenvalue weighted by Crippen LogP contribution is -2.45. The second-order valence-corrected chi connectivity index (χ2v) is 6.62. The molecule has 0 spiro atoms. The minimum absolute atomic E-state index is 0.126. The van der Waals surface area contributed by atoms with Crippen LogP contribution in [0.2, 0.25) is 0 Å². The zero-order valence-electron chi connectivity index (χ0n) is 15.3. The fourth-order valence-corrected chi connectivity index (χ4v) is 3.03. The molecule has 2 aromatic carbocycles. The number of amides is 4. The highest BCUT2D eigenvalue weighted by Gasteiger charge is 2.45. The molecule has 0 radical (unpaired) electrons. The van der Waals surface area contributed by atoms with Crippen molar-refractivity contribution in [3.8, 4) is 0 Å². The molecule has 152 valence electrons. The second-order valence-electron chi connectivity index (χ2n) is 6.62. The Balaban J connectivity index is 1.76. The van der Waals surface area contributed by atoms with E-state index in [0.29, 0.717) is 16.0 Å². The Labute approximate surface area is 165 Å². The standard InChI is InChI=1S/C20H18F3N3O3/c21-20(22,23)13-24(11-15-7-3-1-4-8-15)14-26-18(28)17(27)25(19(26)29)12-16-9-5-2-6-10-16/h1-10H,11-14H2. The Bertz CT molecular complexity index is 888. The number of hydrogen-bond donors (Lipinski definition) is 0. The van der Waals surface area contributed by atoms with E-state index in [4.69, 9.17) is 0 Å². The fourth-order valence-electron chi connectivity index (χ4n) is 3.03. The minimum atomic E-state index is -4.53. The summed E-state index contributed by atoms with van der Waals surface area (Å²) >= 11 is 0. The topological polar surface area (TPSA) is 60.9 Å². The highest BCUT2D eigenvalue weighted by molar-refractivity contribution is 6.44. The van der Waals surface area contributed by atoms with Crippen LogP contribution < -0.4 is 0 Å². The monoisotopic (exact) mass is 405 g/mol. The molecule has 0 unspecified atom stereocenters. The first-order valence-electron chi connectivity index (χ1n) is 8.79. The van der Waals surface area contributed by atoms with E-state index in [1.54, 1.807) is 60.7 Å².